The Morgan fingerprint density at radius 1 is 0.943 bits per heavy atom. The van der Waals surface area contributed by atoms with Gasteiger partial charge < -0.3 is 5.32 Å². The summed E-state index contributed by atoms with van der Waals surface area (Å²) >= 11 is 3.61. The van der Waals surface area contributed by atoms with Crippen molar-refractivity contribution in [1.82, 2.24) is 0 Å². The number of carbonyl (C=O) groups is 3. The highest BCUT2D eigenvalue weighted by Crippen LogP contribution is 2.50. The minimum absolute atomic E-state index is 0.0243. The molecule has 0 aromatic heterocycles. The number of hydrogen-bond acceptors (Lipinski definition) is 3. The van der Waals surface area contributed by atoms with Gasteiger partial charge in [0.15, 0.2) is 0 Å². The zero-order valence-corrected chi connectivity index (χ0v) is 21.6. The molecule has 0 radical (unpaired) electrons. The summed E-state index contributed by atoms with van der Waals surface area (Å²) in [5.41, 5.74) is 2.42. The number of carbonyl (C=O) groups excluding carboxylic acids is 3. The predicted octanol–water partition coefficient (Wildman–Crippen LogP) is 5.76. The van der Waals surface area contributed by atoms with E-state index in [2.05, 4.69) is 42.0 Å². The molecule has 3 aromatic carbocycles. The van der Waals surface area contributed by atoms with Crippen LogP contribution in [0.2, 0.25) is 0 Å². The fourth-order valence-electron chi connectivity index (χ4n) is 5.50. The molecular formula is C29H27BrN2O3. The maximum absolute atomic E-state index is 14.1. The van der Waals surface area contributed by atoms with Gasteiger partial charge in [-0.2, -0.15) is 0 Å². The summed E-state index contributed by atoms with van der Waals surface area (Å²) in [5.74, 6) is -1.67. The van der Waals surface area contributed by atoms with Crippen LogP contribution >= 0.6 is 15.9 Å². The van der Waals surface area contributed by atoms with Crippen molar-refractivity contribution in [2.45, 2.75) is 44.4 Å². The molecule has 6 heteroatoms. The molecule has 35 heavy (non-hydrogen) atoms. The lowest BCUT2D eigenvalue weighted by Crippen LogP contribution is -2.47. The van der Waals surface area contributed by atoms with Crippen molar-refractivity contribution < 1.29 is 14.4 Å². The van der Waals surface area contributed by atoms with Crippen LogP contribution in [0.3, 0.4) is 0 Å². The summed E-state index contributed by atoms with van der Waals surface area (Å²) in [7, 11) is 0. The molecule has 0 unspecified atom stereocenters. The van der Waals surface area contributed by atoms with Crippen molar-refractivity contribution in [1.29, 1.82) is 0 Å². The van der Waals surface area contributed by atoms with Crippen molar-refractivity contribution in [3.8, 4) is 0 Å². The molecule has 2 heterocycles. The molecule has 2 aliphatic heterocycles. The lowest BCUT2D eigenvalue weighted by atomic mass is 9.66. The predicted molar refractivity (Wildman–Crippen MR) is 140 cm³/mol. The van der Waals surface area contributed by atoms with E-state index in [1.54, 1.807) is 0 Å². The van der Waals surface area contributed by atoms with Gasteiger partial charge in [0.1, 0.15) is 0 Å². The van der Waals surface area contributed by atoms with Crippen LogP contribution in [0.1, 0.15) is 43.9 Å². The van der Waals surface area contributed by atoms with E-state index in [9.17, 15) is 14.4 Å². The Balaban J connectivity index is 1.66. The highest BCUT2D eigenvalue weighted by Gasteiger charge is 2.59. The number of benzene rings is 3. The molecular weight excluding hydrogens is 504 g/mol. The van der Waals surface area contributed by atoms with Gasteiger partial charge in [0.05, 0.1) is 17.0 Å². The fourth-order valence-corrected chi connectivity index (χ4v) is 5.92. The molecule has 0 bridgehead atoms. The Kier molecular flexibility index (Phi) is 5.67. The first-order chi connectivity index (χ1) is 16.6. The van der Waals surface area contributed by atoms with E-state index >= 15 is 0 Å². The maximum Gasteiger partial charge on any atom is 0.238 e. The molecule has 2 atom stereocenters. The number of para-hydroxylation sites is 2. The Morgan fingerprint density at radius 3 is 2.34 bits per heavy atom. The van der Waals surface area contributed by atoms with E-state index in [0.717, 1.165) is 21.2 Å². The first-order valence-corrected chi connectivity index (χ1v) is 12.5. The molecule has 3 aromatic rings. The second-order valence-corrected chi connectivity index (χ2v) is 11.2. The third kappa shape index (κ3) is 3.71. The van der Waals surface area contributed by atoms with Gasteiger partial charge >= 0.3 is 0 Å². The van der Waals surface area contributed by atoms with Crippen molar-refractivity contribution >= 4 is 45.0 Å². The molecule has 3 amide bonds. The van der Waals surface area contributed by atoms with Gasteiger partial charge in [-0.25, -0.2) is 4.90 Å². The minimum Gasteiger partial charge on any atom is -0.325 e. The standard InChI is InChI=1S/C29H27BrN2O3/c1-28(2,3)20-12-6-9-15-24(20)32-25(33)16-21(26(32)34)29(17-18-10-4-7-13-22(18)30)19-11-5-8-14-23(19)31-27(29)35/h4-15,21H,16-17H2,1-3H3,(H,31,35)/t21-,29-/m0/s1. The SMILES string of the molecule is CC(C)(C)c1ccccc1N1C(=O)C[C@H]([C@@]2(Cc3ccccc3Br)C(=O)Nc3ccccc32)C1=O. The number of halogens is 1. The first-order valence-electron chi connectivity index (χ1n) is 11.8. The smallest absolute Gasteiger partial charge is 0.238 e. The molecule has 1 N–H and O–H groups in total. The van der Waals surface area contributed by atoms with Crippen LogP contribution in [0, 0.1) is 5.92 Å². The average molecular weight is 531 g/mol. The first kappa shape index (κ1) is 23.5. The molecule has 0 spiro atoms. The van der Waals surface area contributed by atoms with Crippen LogP contribution in [0.25, 0.3) is 0 Å². The van der Waals surface area contributed by atoms with E-state index in [1.807, 2.05) is 72.8 Å². The number of anilines is 2. The summed E-state index contributed by atoms with van der Waals surface area (Å²) in [6.45, 7) is 6.18. The largest absolute Gasteiger partial charge is 0.325 e. The summed E-state index contributed by atoms with van der Waals surface area (Å²) in [5, 5.41) is 2.99. The number of nitrogens with one attached hydrogen (secondary N) is 1. The van der Waals surface area contributed by atoms with Crippen molar-refractivity contribution in [2.24, 2.45) is 5.92 Å². The van der Waals surface area contributed by atoms with Crippen molar-refractivity contribution in [3.05, 3.63) is 94.0 Å². The molecule has 0 saturated carbocycles. The highest BCUT2D eigenvalue weighted by atomic mass is 79.9. The number of nitrogens with zero attached hydrogens (tertiary/aromatic N) is 1. The zero-order chi connectivity index (χ0) is 25.0. The number of rotatable bonds is 4. The van der Waals surface area contributed by atoms with Gasteiger partial charge in [0.25, 0.3) is 0 Å². The van der Waals surface area contributed by atoms with Gasteiger partial charge in [-0.05, 0) is 46.7 Å². The highest BCUT2D eigenvalue weighted by molar-refractivity contribution is 9.10. The van der Waals surface area contributed by atoms with Gasteiger partial charge in [-0.1, -0.05) is 91.3 Å². The minimum atomic E-state index is -1.20. The maximum atomic E-state index is 14.1. The van der Waals surface area contributed by atoms with Crippen LogP contribution in [-0.2, 0) is 31.6 Å². The normalized spacial score (nSPS) is 21.9. The van der Waals surface area contributed by atoms with E-state index in [1.165, 1.54) is 4.90 Å². The number of amides is 3. The number of hydrogen-bond donors (Lipinski definition) is 1. The Bertz CT molecular complexity index is 1360. The van der Waals surface area contributed by atoms with Gasteiger partial charge in [-0.3, -0.25) is 14.4 Å². The fraction of sp³-hybridized carbons (Fsp3) is 0.276. The number of fused-ring (bicyclic) bond motifs is 1. The lowest BCUT2D eigenvalue weighted by Gasteiger charge is -2.33. The van der Waals surface area contributed by atoms with Crippen LogP contribution < -0.4 is 10.2 Å². The van der Waals surface area contributed by atoms with Gasteiger partial charge in [-0.15, -0.1) is 0 Å². The molecule has 1 saturated heterocycles. The van der Waals surface area contributed by atoms with Gasteiger partial charge in [0, 0.05) is 16.6 Å². The average Bonchev–Trinajstić information content (AvgIpc) is 3.27. The monoisotopic (exact) mass is 530 g/mol. The van der Waals surface area contributed by atoms with Crippen molar-refractivity contribution in [3.63, 3.8) is 0 Å². The second kappa shape index (κ2) is 8.45. The zero-order valence-electron chi connectivity index (χ0n) is 20.0. The van der Waals surface area contributed by atoms with E-state index in [4.69, 9.17) is 0 Å². The third-order valence-corrected chi connectivity index (χ3v) is 7.96. The third-order valence-electron chi connectivity index (χ3n) is 7.18. The molecule has 178 valence electrons. The quantitative estimate of drug-likeness (QED) is 0.436. The molecule has 5 nitrogen and oxygen atoms in total. The van der Waals surface area contributed by atoms with Crippen LogP contribution in [0.5, 0.6) is 0 Å². The van der Waals surface area contributed by atoms with E-state index in [0.29, 0.717) is 17.8 Å². The molecule has 5 rings (SSSR count). The summed E-state index contributed by atoms with van der Waals surface area (Å²) in [6.07, 6.45) is 0.277. The van der Waals surface area contributed by atoms with E-state index < -0.39 is 11.3 Å². The summed E-state index contributed by atoms with van der Waals surface area (Å²) < 4.78 is 0.864. The second-order valence-electron chi connectivity index (χ2n) is 10.3. The van der Waals surface area contributed by atoms with Crippen LogP contribution in [0.4, 0.5) is 11.4 Å². The van der Waals surface area contributed by atoms with Gasteiger partial charge in [0.2, 0.25) is 17.7 Å². The summed E-state index contributed by atoms with van der Waals surface area (Å²) in [6, 6.07) is 22.7. The molecule has 2 aliphatic rings. The van der Waals surface area contributed by atoms with Crippen LogP contribution in [-0.4, -0.2) is 17.7 Å². The van der Waals surface area contributed by atoms with Crippen LogP contribution in [0.15, 0.2) is 77.3 Å². The molecule has 0 aliphatic carbocycles. The molecule has 1 fully saturated rings. The lowest BCUT2D eigenvalue weighted by molar-refractivity contribution is -0.130. The van der Waals surface area contributed by atoms with Crippen molar-refractivity contribution in [2.75, 3.05) is 10.2 Å². The Labute approximate surface area is 213 Å². The number of imide groups is 1. The topological polar surface area (TPSA) is 66.5 Å². The van der Waals surface area contributed by atoms with E-state index in [-0.39, 0.29) is 29.6 Å². The Morgan fingerprint density at radius 2 is 1.60 bits per heavy atom. The Hall–Kier alpha value is -3.25. The summed E-state index contributed by atoms with van der Waals surface area (Å²) in [4.78, 5) is 42.7.